The van der Waals surface area contributed by atoms with Crippen LogP contribution in [0.3, 0.4) is 0 Å². The molecule has 0 aromatic carbocycles. The van der Waals surface area contributed by atoms with Crippen molar-refractivity contribution < 1.29 is 14.1 Å². The van der Waals surface area contributed by atoms with E-state index >= 15 is 0 Å². The number of ether oxygens (including phenoxy) is 1. The Hall–Kier alpha value is -1.43. The molecule has 2 aliphatic carbocycles. The summed E-state index contributed by atoms with van der Waals surface area (Å²) in [5.41, 5.74) is 0. The van der Waals surface area contributed by atoms with Crippen LogP contribution in [-0.2, 0) is 16.1 Å². The first kappa shape index (κ1) is 15.5. The van der Waals surface area contributed by atoms with Gasteiger partial charge in [-0.15, -0.1) is 0 Å². The summed E-state index contributed by atoms with van der Waals surface area (Å²) in [6.45, 7) is 2.26. The third-order valence-corrected chi connectivity index (χ3v) is 4.41. The fourth-order valence-corrected chi connectivity index (χ4v) is 2.90. The highest BCUT2D eigenvalue weighted by Gasteiger charge is 2.29. The van der Waals surface area contributed by atoms with Crippen molar-refractivity contribution in [2.24, 2.45) is 0 Å². The van der Waals surface area contributed by atoms with Crippen LogP contribution in [0.25, 0.3) is 0 Å². The van der Waals surface area contributed by atoms with Crippen molar-refractivity contribution in [3.63, 3.8) is 0 Å². The molecule has 22 heavy (non-hydrogen) atoms. The number of amides is 1. The van der Waals surface area contributed by atoms with Gasteiger partial charge in [0, 0.05) is 5.92 Å². The van der Waals surface area contributed by atoms with Gasteiger partial charge in [-0.3, -0.25) is 4.79 Å². The number of aromatic nitrogens is 2. The third kappa shape index (κ3) is 4.06. The van der Waals surface area contributed by atoms with Gasteiger partial charge in [-0.05, 0) is 32.1 Å². The highest BCUT2D eigenvalue weighted by atomic mass is 16.5. The normalized spacial score (nSPS) is 20.8. The maximum Gasteiger partial charge on any atom is 0.249 e. The summed E-state index contributed by atoms with van der Waals surface area (Å²) in [5.74, 6) is 1.63. The summed E-state index contributed by atoms with van der Waals surface area (Å²) in [5, 5.41) is 6.80. The highest BCUT2D eigenvalue weighted by molar-refractivity contribution is 5.80. The first-order valence-corrected chi connectivity index (χ1v) is 8.52. The van der Waals surface area contributed by atoms with E-state index in [0.717, 1.165) is 31.5 Å². The van der Waals surface area contributed by atoms with E-state index in [1.54, 1.807) is 0 Å². The largest absolute Gasteiger partial charge is 0.365 e. The number of rotatable bonds is 7. The van der Waals surface area contributed by atoms with Gasteiger partial charge < -0.3 is 14.6 Å². The fraction of sp³-hybridized carbons (Fsp3) is 0.812. The lowest BCUT2D eigenvalue weighted by Gasteiger charge is -2.26. The molecule has 1 N–H and O–H groups in total. The zero-order valence-corrected chi connectivity index (χ0v) is 13.2. The minimum atomic E-state index is -0.381. The van der Waals surface area contributed by atoms with E-state index in [-0.39, 0.29) is 24.7 Å². The molecule has 2 aliphatic rings. The fourth-order valence-electron chi connectivity index (χ4n) is 2.90. The van der Waals surface area contributed by atoms with E-state index < -0.39 is 0 Å². The van der Waals surface area contributed by atoms with E-state index in [0.29, 0.717) is 18.2 Å². The predicted molar refractivity (Wildman–Crippen MR) is 80.2 cm³/mol. The second-order valence-electron chi connectivity index (χ2n) is 6.33. The van der Waals surface area contributed by atoms with Crippen LogP contribution in [-0.4, -0.2) is 28.3 Å². The van der Waals surface area contributed by atoms with E-state index in [2.05, 4.69) is 15.5 Å². The molecule has 1 aromatic heterocycles. The number of nitrogens with zero attached hydrogens (tertiary/aromatic N) is 2. The van der Waals surface area contributed by atoms with Crippen LogP contribution in [0.2, 0.25) is 0 Å². The first-order valence-electron chi connectivity index (χ1n) is 8.52. The number of hydrogen-bond acceptors (Lipinski definition) is 5. The Bertz CT molecular complexity index is 493. The molecule has 0 aliphatic heterocycles. The Morgan fingerprint density at radius 2 is 2.09 bits per heavy atom. The van der Waals surface area contributed by atoms with E-state index in [4.69, 9.17) is 9.26 Å². The molecule has 0 radical (unpaired) electrons. The molecule has 1 aromatic rings. The summed E-state index contributed by atoms with van der Waals surface area (Å²) >= 11 is 0. The standard InChI is InChI=1S/C16H25N3O3/c1-2-13(21-12-6-4-3-5-7-12)16(20)17-10-14-18-15(19-22-14)11-8-9-11/h11-13H,2-10H2,1H3,(H,17,20). The average Bonchev–Trinajstić information content (AvgIpc) is 3.30. The molecular formula is C16H25N3O3. The van der Waals surface area contributed by atoms with Crippen LogP contribution in [0.5, 0.6) is 0 Å². The van der Waals surface area contributed by atoms with Gasteiger partial charge in [-0.2, -0.15) is 4.98 Å². The van der Waals surface area contributed by atoms with Gasteiger partial charge >= 0.3 is 0 Å². The molecule has 1 unspecified atom stereocenters. The number of nitrogens with one attached hydrogen (secondary N) is 1. The summed E-state index contributed by atoms with van der Waals surface area (Å²) in [7, 11) is 0. The van der Waals surface area contributed by atoms with E-state index in [1.807, 2.05) is 6.92 Å². The highest BCUT2D eigenvalue weighted by Crippen LogP contribution is 2.38. The second-order valence-corrected chi connectivity index (χ2v) is 6.33. The van der Waals surface area contributed by atoms with Gasteiger partial charge in [0.25, 0.3) is 0 Å². The molecule has 3 rings (SSSR count). The van der Waals surface area contributed by atoms with Gasteiger partial charge in [0.05, 0.1) is 12.6 Å². The van der Waals surface area contributed by atoms with Crippen LogP contribution >= 0.6 is 0 Å². The first-order chi connectivity index (χ1) is 10.8. The van der Waals surface area contributed by atoms with Crippen molar-refractivity contribution in [2.45, 2.75) is 83.0 Å². The lowest BCUT2D eigenvalue weighted by molar-refractivity contribution is -0.138. The SMILES string of the molecule is CCC(OC1CCCCC1)C(=O)NCc1nc(C2CC2)no1. The van der Waals surface area contributed by atoms with Crippen molar-refractivity contribution in [1.29, 1.82) is 0 Å². The lowest BCUT2D eigenvalue weighted by atomic mass is 9.97. The van der Waals surface area contributed by atoms with Gasteiger partial charge in [0.2, 0.25) is 11.8 Å². The zero-order chi connectivity index (χ0) is 15.4. The number of hydrogen-bond donors (Lipinski definition) is 1. The number of carbonyl (C=O) groups is 1. The molecular weight excluding hydrogens is 282 g/mol. The Morgan fingerprint density at radius 1 is 1.32 bits per heavy atom. The molecule has 6 nitrogen and oxygen atoms in total. The molecule has 2 saturated carbocycles. The summed E-state index contributed by atoms with van der Waals surface area (Å²) in [4.78, 5) is 16.6. The third-order valence-electron chi connectivity index (χ3n) is 4.41. The van der Waals surface area contributed by atoms with Crippen molar-refractivity contribution >= 4 is 5.91 Å². The molecule has 0 saturated heterocycles. The molecule has 1 heterocycles. The number of carbonyl (C=O) groups excluding carboxylic acids is 1. The van der Waals surface area contributed by atoms with Crippen LogP contribution in [0, 0.1) is 0 Å². The van der Waals surface area contributed by atoms with Gasteiger partial charge in [0.15, 0.2) is 5.82 Å². The Labute approximate surface area is 131 Å². The lowest BCUT2D eigenvalue weighted by Crippen LogP contribution is -2.38. The Balaban J connectivity index is 1.45. The van der Waals surface area contributed by atoms with Crippen LogP contribution in [0.1, 0.15) is 75.9 Å². The van der Waals surface area contributed by atoms with E-state index in [9.17, 15) is 4.79 Å². The van der Waals surface area contributed by atoms with Gasteiger partial charge in [0.1, 0.15) is 6.10 Å². The van der Waals surface area contributed by atoms with E-state index in [1.165, 1.54) is 19.3 Å². The monoisotopic (exact) mass is 307 g/mol. The quantitative estimate of drug-likeness (QED) is 0.838. The minimum Gasteiger partial charge on any atom is -0.365 e. The van der Waals surface area contributed by atoms with Gasteiger partial charge in [-0.25, -0.2) is 0 Å². The average molecular weight is 307 g/mol. The molecule has 122 valence electrons. The summed E-state index contributed by atoms with van der Waals surface area (Å²) in [6, 6.07) is 0. The molecule has 0 spiro atoms. The van der Waals surface area contributed by atoms with Gasteiger partial charge in [-0.1, -0.05) is 31.3 Å². The van der Waals surface area contributed by atoms with Crippen molar-refractivity contribution in [1.82, 2.24) is 15.5 Å². The topological polar surface area (TPSA) is 77.2 Å². The smallest absolute Gasteiger partial charge is 0.249 e. The summed E-state index contributed by atoms with van der Waals surface area (Å²) < 4.78 is 11.1. The molecule has 1 amide bonds. The van der Waals surface area contributed by atoms with Crippen molar-refractivity contribution in [3.8, 4) is 0 Å². The Kier molecular flexibility index (Phi) is 5.08. The predicted octanol–water partition coefficient (Wildman–Crippen LogP) is 2.69. The zero-order valence-electron chi connectivity index (χ0n) is 13.2. The second kappa shape index (κ2) is 7.22. The molecule has 0 bridgehead atoms. The maximum atomic E-state index is 12.2. The van der Waals surface area contributed by atoms with Crippen LogP contribution < -0.4 is 5.32 Å². The molecule has 2 fully saturated rings. The van der Waals surface area contributed by atoms with Crippen LogP contribution in [0.4, 0.5) is 0 Å². The van der Waals surface area contributed by atoms with Crippen LogP contribution in [0.15, 0.2) is 4.52 Å². The Morgan fingerprint density at radius 3 is 2.77 bits per heavy atom. The maximum absolute atomic E-state index is 12.2. The van der Waals surface area contributed by atoms with Crippen molar-refractivity contribution in [2.75, 3.05) is 0 Å². The molecule has 1 atom stereocenters. The molecule has 6 heteroatoms. The minimum absolute atomic E-state index is 0.0840. The summed E-state index contributed by atoms with van der Waals surface area (Å²) in [6.07, 6.45) is 8.63. The van der Waals surface area contributed by atoms with Crippen molar-refractivity contribution in [3.05, 3.63) is 11.7 Å².